The van der Waals surface area contributed by atoms with Crippen LogP contribution in [0.1, 0.15) is 72.4 Å². The van der Waals surface area contributed by atoms with Crippen LogP contribution in [0.2, 0.25) is 0 Å². The maximum atomic E-state index is 3.84. The first-order chi connectivity index (χ1) is 7.33. The van der Waals surface area contributed by atoms with Gasteiger partial charge in [-0.05, 0) is 29.9 Å². The fraction of sp³-hybridized carbons (Fsp3) is 0.529. The van der Waals surface area contributed by atoms with Crippen LogP contribution in [0.5, 0.6) is 0 Å². The lowest BCUT2D eigenvalue weighted by Gasteiger charge is -2.15. The molecule has 0 saturated heterocycles. The summed E-state index contributed by atoms with van der Waals surface area (Å²) in [5.74, 6) is 0.689. The predicted molar refractivity (Wildman–Crippen MR) is 84.7 cm³/mol. The van der Waals surface area contributed by atoms with Gasteiger partial charge in [0.05, 0.1) is 0 Å². The second-order valence-electron chi connectivity index (χ2n) is 3.35. The summed E-state index contributed by atoms with van der Waals surface area (Å²) in [7, 11) is 0. The van der Waals surface area contributed by atoms with Gasteiger partial charge in [-0.2, -0.15) is 0 Å². The Morgan fingerprint density at radius 3 is 1.94 bits per heavy atom. The second-order valence-corrected chi connectivity index (χ2v) is 3.35. The van der Waals surface area contributed by atoms with Crippen LogP contribution in [0, 0.1) is 0 Å². The van der Waals surface area contributed by atoms with Gasteiger partial charge >= 0.3 is 0 Å². The molecule has 0 spiro atoms. The third kappa shape index (κ3) is 6.31. The van der Waals surface area contributed by atoms with E-state index in [1.54, 1.807) is 0 Å². The van der Waals surface area contributed by atoms with E-state index in [1.165, 1.54) is 24.0 Å². The van der Waals surface area contributed by atoms with E-state index in [-0.39, 0.29) is 14.9 Å². The van der Waals surface area contributed by atoms with E-state index in [9.17, 15) is 0 Å². The molecule has 0 radical (unpaired) electrons. The van der Waals surface area contributed by atoms with Crippen molar-refractivity contribution in [2.75, 3.05) is 0 Å². The van der Waals surface area contributed by atoms with E-state index in [0.29, 0.717) is 5.92 Å². The molecule has 0 atom stereocenters. The van der Waals surface area contributed by atoms with Crippen molar-refractivity contribution in [2.45, 2.75) is 61.3 Å². The Bertz CT molecular complexity index is 269. The SMILES string of the molecule is C.C.C=Cc1ccccc1C(CC)CC.CC. The molecule has 1 aromatic carbocycles. The predicted octanol–water partition coefficient (Wildman–Crippen LogP) is 6.53. The molecule has 0 aliphatic heterocycles. The van der Waals surface area contributed by atoms with Gasteiger partial charge in [0.15, 0.2) is 0 Å². The lowest BCUT2D eigenvalue weighted by atomic mass is 9.90. The standard InChI is InChI=1S/C13H18.C2H6.2CH4/c1-4-11(5-2)13-10-8-7-9-12(13)6-3;1-2;;/h6-11H,3-5H2,1-2H3;1-2H3;2*1H4. The molecule has 17 heavy (non-hydrogen) atoms. The van der Waals surface area contributed by atoms with Crippen molar-refractivity contribution >= 4 is 6.08 Å². The zero-order valence-corrected chi connectivity index (χ0v) is 10.6. The summed E-state index contributed by atoms with van der Waals surface area (Å²) in [4.78, 5) is 0. The van der Waals surface area contributed by atoms with Crippen molar-refractivity contribution in [3.8, 4) is 0 Å². The molecule has 0 heterocycles. The topological polar surface area (TPSA) is 0 Å². The van der Waals surface area contributed by atoms with Gasteiger partial charge in [-0.1, -0.05) is 79.5 Å². The smallest absolute Gasteiger partial charge is 0.0161 e. The van der Waals surface area contributed by atoms with E-state index in [0.717, 1.165) is 0 Å². The highest BCUT2D eigenvalue weighted by Crippen LogP contribution is 2.26. The van der Waals surface area contributed by atoms with Crippen molar-refractivity contribution in [3.05, 3.63) is 42.0 Å². The number of rotatable bonds is 4. The van der Waals surface area contributed by atoms with E-state index in [4.69, 9.17) is 0 Å². The first-order valence-electron chi connectivity index (χ1n) is 6.04. The van der Waals surface area contributed by atoms with Crippen LogP contribution in [0.3, 0.4) is 0 Å². The average molecular weight is 236 g/mol. The average Bonchev–Trinajstić information content (AvgIpc) is 2.34. The molecule has 1 rings (SSSR count). The molecule has 100 valence electrons. The molecule has 0 saturated carbocycles. The summed E-state index contributed by atoms with van der Waals surface area (Å²) in [6, 6.07) is 8.54. The van der Waals surface area contributed by atoms with Crippen LogP contribution in [-0.4, -0.2) is 0 Å². The van der Waals surface area contributed by atoms with Gasteiger partial charge < -0.3 is 0 Å². The summed E-state index contributed by atoms with van der Waals surface area (Å²) in [6.07, 6.45) is 4.37. The van der Waals surface area contributed by atoms with E-state index < -0.39 is 0 Å². The Balaban J connectivity index is -0.000000464. The highest BCUT2D eigenvalue weighted by Gasteiger charge is 2.08. The van der Waals surface area contributed by atoms with E-state index in [2.05, 4.69) is 44.7 Å². The molecule has 0 bridgehead atoms. The minimum absolute atomic E-state index is 0. The fourth-order valence-corrected chi connectivity index (χ4v) is 1.80. The first-order valence-corrected chi connectivity index (χ1v) is 6.04. The highest BCUT2D eigenvalue weighted by atomic mass is 14.1. The third-order valence-electron chi connectivity index (χ3n) is 2.64. The molecule has 0 N–H and O–H groups in total. The summed E-state index contributed by atoms with van der Waals surface area (Å²) >= 11 is 0. The third-order valence-corrected chi connectivity index (χ3v) is 2.64. The van der Waals surface area contributed by atoms with E-state index in [1.807, 2.05) is 19.9 Å². The van der Waals surface area contributed by atoms with Crippen LogP contribution < -0.4 is 0 Å². The highest BCUT2D eigenvalue weighted by molar-refractivity contribution is 5.52. The van der Waals surface area contributed by atoms with Crippen molar-refractivity contribution in [1.29, 1.82) is 0 Å². The molecule has 0 aromatic heterocycles. The molecule has 0 fully saturated rings. The van der Waals surface area contributed by atoms with Crippen LogP contribution >= 0.6 is 0 Å². The molecule has 0 nitrogen and oxygen atoms in total. The Morgan fingerprint density at radius 1 is 1.06 bits per heavy atom. The van der Waals surface area contributed by atoms with Gasteiger partial charge in [-0.25, -0.2) is 0 Å². The zero-order valence-electron chi connectivity index (χ0n) is 10.6. The Kier molecular flexibility index (Phi) is 16.3. The monoisotopic (exact) mass is 236 g/mol. The van der Waals surface area contributed by atoms with Crippen molar-refractivity contribution < 1.29 is 0 Å². The maximum Gasteiger partial charge on any atom is -0.0161 e. The van der Waals surface area contributed by atoms with Gasteiger partial charge in [0.1, 0.15) is 0 Å². The summed E-state index contributed by atoms with van der Waals surface area (Å²) in [6.45, 7) is 12.3. The van der Waals surface area contributed by atoms with Crippen molar-refractivity contribution in [3.63, 3.8) is 0 Å². The molecule has 0 unspecified atom stereocenters. The normalized spacial score (nSPS) is 8.29. The van der Waals surface area contributed by atoms with E-state index >= 15 is 0 Å². The largest absolute Gasteiger partial charge is 0.0985 e. The molecule has 1 aromatic rings. The Morgan fingerprint density at radius 2 is 1.53 bits per heavy atom. The van der Waals surface area contributed by atoms with Gasteiger partial charge in [0.25, 0.3) is 0 Å². The van der Waals surface area contributed by atoms with Gasteiger partial charge in [-0.15, -0.1) is 0 Å². The molecule has 0 aliphatic rings. The molecule has 0 heteroatoms. The number of hydrogen-bond acceptors (Lipinski definition) is 0. The molecular formula is C17H32. The van der Waals surface area contributed by atoms with Crippen molar-refractivity contribution in [2.24, 2.45) is 0 Å². The quantitative estimate of drug-likeness (QED) is 0.557. The van der Waals surface area contributed by atoms with Crippen LogP contribution in [-0.2, 0) is 0 Å². The summed E-state index contributed by atoms with van der Waals surface area (Å²) in [5.41, 5.74) is 2.73. The summed E-state index contributed by atoms with van der Waals surface area (Å²) in [5, 5.41) is 0. The fourth-order valence-electron chi connectivity index (χ4n) is 1.80. The lowest BCUT2D eigenvalue weighted by Crippen LogP contribution is -1.97. The second kappa shape index (κ2) is 13.0. The Labute approximate surface area is 110 Å². The van der Waals surface area contributed by atoms with Gasteiger partial charge in [0, 0.05) is 0 Å². The minimum atomic E-state index is 0. The Hall–Kier alpha value is -1.04. The lowest BCUT2D eigenvalue weighted by molar-refractivity contribution is 0.641. The van der Waals surface area contributed by atoms with Crippen LogP contribution in [0.25, 0.3) is 6.08 Å². The molecule has 0 amide bonds. The zero-order chi connectivity index (χ0) is 11.7. The molecule has 0 aliphatic carbocycles. The minimum Gasteiger partial charge on any atom is -0.0985 e. The number of hydrogen-bond donors (Lipinski definition) is 0. The molecular weight excluding hydrogens is 204 g/mol. The first kappa shape index (κ1) is 21.3. The van der Waals surface area contributed by atoms with Crippen LogP contribution in [0.4, 0.5) is 0 Å². The van der Waals surface area contributed by atoms with Crippen molar-refractivity contribution in [1.82, 2.24) is 0 Å². The van der Waals surface area contributed by atoms with Gasteiger partial charge in [0.2, 0.25) is 0 Å². The van der Waals surface area contributed by atoms with Crippen LogP contribution in [0.15, 0.2) is 30.8 Å². The maximum absolute atomic E-state index is 3.84. The van der Waals surface area contributed by atoms with Gasteiger partial charge in [-0.3, -0.25) is 0 Å². The summed E-state index contributed by atoms with van der Waals surface area (Å²) < 4.78 is 0. The number of benzene rings is 1.